The summed E-state index contributed by atoms with van der Waals surface area (Å²) in [6, 6.07) is 11.0. The van der Waals surface area contributed by atoms with Crippen LogP contribution in [-0.4, -0.2) is 4.92 Å². The van der Waals surface area contributed by atoms with Crippen LogP contribution < -0.4 is 5.32 Å². The Kier molecular flexibility index (Phi) is 3.57. The molecule has 122 valence electrons. The maximum atomic E-state index is 11.1. The molecular weight excluding hydrogens is 324 g/mol. The molecule has 0 amide bonds. The lowest BCUT2D eigenvalue weighted by Gasteiger charge is -2.38. The molecule has 0 fully saturated rings. The van der Waals surface area contributed by atoms with E-state index in [0.29, 0.717) is 11.8 Å². The predicted octanol–water partition coefficient (Wildman–Crippen LogP) is 5.38. The lowest BCUT2D eigenvalue weighted by molar-refractivity contribution is -0.384. The van der Waals surface area contributed by atoms with Gasteiger partial charge in [0.2, 0.25) is 0 Å². The van der Waals surface area contributed by atoms with Gasteiger partial charge in [-0.05, 0) is 42.0 Å². The molecule has 1 aliphatic heterocycles. The summed E-state index contributed by atoms with van der Waals surface area (Å²) in [5.74, 6) is 0.682. The number of hydrogen-bond donors (Lipinski definition) is 1. The van der Waals surface area contributed by atoms with E-state index in [1.165, 1.54) is 11.6 Å². The topological polar surface area (TPSA) is 55.2 Å². The van der Waals surface area contributed by atoms with Crippen LogP contribution in [-0.2, 0) is 0 Å². The monoisotopic (exact) mass is 340 g/mol. The van der Waals surface area contributed by atoms with E-state index >= 15 is 0 Å². The van der Waals surface area contributed by atoms with Gasteiger partial charge in [-0.2, -0.15) is 0 Å². The molecule has 0 spiro atoms. The van der Waals surface area contributed by atoms with Gasteiger partial charge in [0.05, 0.1) is 11.0 Å². The zero-order chi connectivity index (χ0) is 16.8. The number of nitrogens with zero attached hydrogens (tertiary/aromatic N) is 1. The summed E-state index contributed by atoms with van der Waals surface area (Å²) in [7, 11) is 0. The molecule has 24 heavy (non-hydrogen) atoms. The number of rotatable bonds is 2. The van der Waals surface area contributed by atoms with Crippen LogP contribution in [0, 0.1) is 23.0 Å². The average molecular weight is 341 g/mol. The second-order valence-corrected chi connectivity index (χ2v) is 6.87. The maximum Gasteiger partial charge on any atom is 0.269 e. The van der Waals surface area contributed by atoms with Crippen LogP contribution in [0.4, 0.5) is 11.4 Å². The van der Waals surface area contributed by atoms with Gasteiger partial charge in [-0.15, -0.1) is 0 Å². The van der Waals surface area contributed by atoms with Gasteiger partial charge in [0, 0.05) is 28.8 Å². The molecule has 3 atom stereocenters. The minimum absolute atomic E-state index is 0.0366. The van der Waals surface area contributed by atoms with E-state index in [1.54, 1.807) is 12.1 Å². The zero-order valence-electron chi connectivity index (χ0n) is 13.2. The van der Waals surface area contributed by atoms with Crippen molar-refractivity contribution in [1.29, 1.82) is 0 Å². The SMILES string of the molecule is Cc1c(Cl)ccc2c1NC(c1cccc([N+](=O)[O-])c1)C1CC=CC21. The number of non-ortho nitro benzene ring substituents is 1. The fourth-order valence-electron chi connectivity index (χ4n) is 3.95. The van der Waals surface area contributed by atoms with Crippen molar-refractivity contribution in [2.75, 3.05) is 5.32 Å². The minimum Gasteiger partial charge on any atom is -0.377 e. The summed E-state index contributed by atoms with van der Waals surface area (Å²) >= 11 is 6.30. The van der Waals surface area contributed by atoms with Crippen molar-refractivity contribution < 1.29 is 4.92 Å². The van der Waals surface area contributed by atoms with E-state index in [2.05, 4.69) is 23.5 Å². The molecule has 3 unspecified atom stereocenters. The number of allylic oxidation sites excluding steroid dienone is 2. The first-order valence-corrected chi connectivity index (χ1v) is 8.40. The first-order chi connectivity index (χ1) is 11.6. The Morgan fingerprint density at radius 2 is 2.12 bits per heavy atom. The lowest BCUT2D eigenvalue weighted by atomic mass is 9.76. The van der Waals surface area contributed by atoms with Crippen molar-refractivity contribution in [2.24, 2.45) is 5.92 Å². The fraction of sp³-hybridized carbons (Fsp3) is 0.263. The third kappa shape index (κ3) is 2.29. The highest BCUT2D eigenvalue weighted by molar-refractivity contribution is 6.31. The van der Waals surface area contributed by atoms with Gasteiger partial charge in [0.15, 0.2) is 0 Å². The van der Waals surface area contributed by atoms with Gasteiger partial charge in [0.25, 0.3) is 5.69 Å². The lowest BCUT2D eigenvalue weighted by Crippen LogP contribution is -2.29. The number of fused-ring (bicyclic) bond motifs is 3. The van der Waals surface area contributed by atoms with E-state index < -0.39 is 0 Å². The molecule has 4 nitrogen and oxygen atoms in total. The van der Waals surface area contributed by atoms with E-state index in [0.717, 1.165) is 28.3 Å². The van der Waals surface area contributed by atoms with Crippen LogP contribution in [0.1, 0.15) is 35.1 Å². The van der Waals surface area contributed by atoms with Crippen LogP contribution in [0.15, 0.2) is 48.6 Å². The molecule has 0 saturated heterocycles. The number of hydrogen-bond acceptors (Lipinski definition) is 3. The Balaban J connectivity index is 1.82. The molecule has 2 aliphatic rings. The van der Waals surface area contributed by atoms with Gasteiger partial charge >= 0.3 is 0 Å². The minimum atomic E-state index is -0.341. The molecule has 5 heteroatoms. The van der Waals surface area contributed by atoms with Gasteiger partial charge in [-0.1, -0.05) is 42.0 Å². The molecular formula is C19H17ClN2O2. The van der Waals surface area contributed by atoms with Crippen LogP contribution >= 0.6 is 11.6 Å². The smallest absolute Gasteiger partial charge is 0.269 e. The summed E-state index contributed by atoms with van der Waals surface area (Å²) in [5.41, 5.74) is 4.44. The van der Waals surface area contributed by atoms with Crippen molar-refractivity contribution in [1.82, 2.24) is 0 Å². The fourth-order valence-corrected chi connectivity index (χ4v) is 4.11. The molecule has 2 aromatic rings. The molecule has 1 aliphatic carbocycles. The van der Waals surface area contributed by atoms with E-state index in [1.807, 2.05) is 19.1 Å². The molecule has 0 aromatic heterocycles. The third-order valence-corrected chi connectivity index (χ3v) is 5.58. The molecule has 4 rings (SSSR count). The summed E-state index contributed by atoms with van der Waals surface area (Å²) < 4.78 is 0. The standard InChI is InChI=1S/C19H17ClN2O2/c1-11-17(20)9-8-16-14-6-3-7-15(14)19(21-18(11)16)12-4-2-5-13(10-12)22(23)24/h2-6,8-10,14-15,19,21H,7H2,1H3. The van der Waals surface area contributed by atoms with Gasteiger partial charge < -0.3 is 5.32 Å². The maximum absolute atomic E-state index is 11.1. The molecule has 0 saturated carbocycles. The highest BCUT2D eigenvalue weighted by Crippen LogP contribution is 2.51. The molecule has 1 N–H and O–H groups in total. The number of nitro benzene ring substituents is 1. The summed E-state index contributed by atoms with van der Waals surface area (Å²) in [4.78, 5) is 10.8. The Hall–Kier alpha value is -2.33. The second-order valence-electron chi connectivity index (χ2n) is 6.46. The van der Waals surface area contributed by atoms with Crippen LogP contribution in [0.25, 0.3) is 0 Å². The average Bonchev–Trinajstić information content (AvgIpc) is 3.07. The quantitative estimate of drug-likeness (QED) is 0.453. The number of anilines is 1. The van der Waals surface area contributed by atoms with E-state index in [4.69, 9.17) is 11.6 Å². The highest BCUT2D eigenvalue weighted by Gasteiger charge is 2.38. The van der Waals surface area contributed by atoms with Crippen LogP contribution in [0.3, 0.4) is 0 Å². The Morgan fingerprint density at radius 1 is 1.29 bits per heavy atom. The Labute approximate surface area is 145 Å². The van der Waals surface area contributed by atoms with Crippen molar-refractivity contribution in [3.8, 4) is 0 Å². The normalized spacial score (nSPS) is 24.2. The molecule has 1 heterocycles. The van der Waals surface area contributed by atoms with Crippen LogP contribution in [0.2, 0.25) is 5.02 Å². The van der Waals surface area contributed by atoms with Crippen molar-refractivity contribution in [3.63, 3.8) is 0 Å². The third-order valence-electron chi connectivity index (χ3n) is 5.17. The molecule has 0 bridgehead atoms. The van der Waals surface area contributed by atoms with Crippen molar-refractivity contribution in [3.05, 3.63) is 80.4 Å². The van der Waals surface area contributed by atoms with E-state index in [9.17, 15) is 10.1 Å². The molecule has 2 aromatic carbocycles. The van der Waals surface area contributed by atoms with E-state index in [-0.39, 0.29) is 16.7 Å². The summed E-state index contributed by atoms with van der Waals surface area (Å²) in [6.45, 7) is 2.01. The van der Waals surface area contributed by atoms with Crippen molar-refractivity contribution in [2.45, 2.75) is 25.3 Å². The largest absolute Gasteiger partial charge is 0.377 e. The summed E-state index contributed by atoms with van der Waals surface area (Å²) in [5, 5.41) is 15.5. The van der Waals surface area contributed by atoms with Gasteiger partial charge in [0.1, 0.15) is 0 Å². The highest BCUT2D eigenvalue weighted by atomic mass is 35.5. The first-order valence-electron chi connectivity index (χ1n) is 8.03. The zero-order valence-corrected chi connectivity index (χ0v) is 14.0. The second kappa shape index (κ2) is 5.64. The number of halogens is 1. The van der Waals surface area contributed by atoms with Gasteiger partial charge in [-0.25, -0.2) is 0 Å². The Morgan fingerprint density at radius 3 is 2.92 bits per heavy atom. The van der Waals surface area contributed by atoms with Crippen molar-refractivity contribution >= 4 is 23.0 Å². The number of benzene rings is 2. The predicted molar refractivity (Wildman–Crippen MR) is 95.6 cm³/mol. The van der Waals surface area contributed by atoms with Gasteiger partial charge in [-0.3, -0.25) is 10.1 Å². The Bertz CT molecular complexity index is 862. The molecule has 0 radical (unpaired) electrons. The summed E-state index contributed by atoms with van der Waals surface area (Å²) in [6.07, 6.45) is 5.43. The number of nitrogens with one attached hydrogen (secondary N) is 1. The van der Waals surface area contributed by atoms with Crippen LogP contribution in [0.5, 0.6) is 0 Å². The first kappa shape index (κ1) is 15.2. The number of nitro groups is 1.